The molecule has 8 aromatic carbocycles. The Kier molecular flexibility index (Phi) is 5.96. The molecule has 11 rings (SSSR count). The van der Waals surface area contributed by atoms with Crippen molar-refractivity contribution in [3.05, 3.63) is 182 Å². The molecule has 0 bridgehead atoms. The third-order valence-corrected chi connectivity index (χ3v) is 10.5. The number of benzene rings is 8. The Morgan fingerprint density at radius 1 is 0.353 bits per heavy atom. The highest BCUT2D eigenvalue weighted by Gasteiger charge is 2.24. The van der Waals surface area contributed by atoms with Crippen LogP contribution in [0.3, 0.4) is 0 Å². The van der Waals surface area contributed by atoms with E-state index in [9.17, 15) is 0 Å². The van der Waals surface area contributed by atoms with Crippen LogP contribution in [0.1, 0.15) is 0 Å². The quantitative estimate of drug-likeness (QED) is 0.185. The standard InChI is InChI=1S/C48H30N2O/c1-3-11-31(12-4-1)33-21-25-35(26-22-33)49(36-27-23-34(24-28-36)32-13-5-2-6-14-32)42-30-29-38-37-16-9-19-43-46(37)47-41(18-10-20-44(47)51-43)50-40-17-8-7-15-39(40)45(42)48(38)50/h1-30H. The number of aromatic nitrogens is 1. The van der Waals surface area contributed by atoms with Crippen LogP contribution in [0.25, 0.3) is 82.3 Å². The number of furan rings is 1. The van der Waals surface area contributed by atoms with Crippen LogP contribution in [-0.4, -0.2) is 4.40 Å². The van der Waals surface area contributed by atoms with E-state index in [2.05, 4.69) is 191 Å². The van der Waals surface area contributed by atoms with Crippen LogP contribution < -0.4 is 4.90 Å². The van der Waals surface area contributed by atoms with Crippen molar-refractivity contribution >= 4 is 77.1 Å². The number of anilines is 3. The maximum Gasteiger partial charge on any atom is 0.137 e. The van der Waals surface area contributed by atoms with E-state index >= 15 is 0 Å². The van der Waals surface area contributed by atoms with Crippen LogP contribution in [0.4, 0.5) is 17.1 Å². The molecule has 0 spiro atoms. The maximum atomic E-state index is 6.45. The zero-order valence-electron chi connectivity index (χ0n) is 27.6. The van der Waals surface area contributed by atoms with Crippen LogP contribution in [0.2, 0.25) is 0 Å². The number of para-hydroxylation sites is 1. The van der Waals surface area contributed by atoms with E-state index in [1.54, 1.807) is 0 Å². The molecule has 0 N–H and O–H groups in total. The minimum atomic E-state index is 0.910. The molecule has 3 heterocycles. The molecular weight excluding hydrogens is 621 g/mol. The summed E-state index contributed by atoms with van der Waals surface area (Å²) in [6.45, 7) is 0. The van der Waals surface area contributed by atoms with Crippen molar-refractivity contribution in [1.82, 2.24) is 4.40 Å². The van der Waals surface area contributed by atoms with Gasteiger partial charge in [-0.1, -0.05) is 127 Å². The van der Waals surface area contributed by atoms with E-state index in [1.165, 1.54) is 60.2 Å². The summed E-state index contributed by atoms with van der Waals surface area (Å²) in [5.74, 6) is 0. The predicted octanol–water partition coefficient (Wildman–Crippen LogP) is 13.5. The molecule has 3 nitrogen and oxygen atoms in total. The SMILES string of the molecule is c1ccc(-c2ccc(N(c3ccc(-c4ccccc4)cc3)c3ccc4c5cccc6oc7cccc(c7c65)n5c6ccccc6c3c45)cc2)cc1. The van der Waals surface area contributed by atoms with E-state index < -0.39 is 0 Å². The predicted molar refractivity (Wildman–Crippen MR) is 214 cm³/mol. The van der Waals surface area contributed by atoms with Gasteiger partial charge < -0.3 is 13.7 Å². The van der Waals surface area contributed by atoms with Gasteiger partial charge in [-0.15, -0.1) is 0 Å². The lowest BCUT2D eigenvalue weighted by Crippen LogP contribution is -2.10. The van der Waals surface area contributed by atoms with Crippen molar-refractivity contribution < 1.29 is 4.42 Å². The molecule has 0 saturated heterocycles. The first-order valence-corrected chi connectivity index (χ1v) is 17.4. The Balaban J connectivity index is 1.24. The van der Waals surface area contributed by atoms with Crippen LogP contribution >= 0.6 is 0 Å². The topological polar surface area (TPSA) is 20.8 Å². The molecule has 0 saturated carbocycles. The van der Waals surface area contributed by atoms with Crippen LogP contribution in [0.5, 0.6) is 0 Å². The highest BCUT2D eigenvalue weighted by Crippen LogP contribution is 2.48. The number of hydrogen-bond acceptors (Lipinski definition) is 2. The Hall–Kier alpha value is -6.84. The second-order valence-electron chi connectivity index (χ2n) is 13.3. The number of rotatable bonds is 5. The summed E-state index contributed by atoms with van der Waals surface area (Å²) in [5.41, 5.74) is 13.5. The Morgan fingerprint density at radius 3 is 1.55 bits per heavy atom. The van der Waals surface area contributed by atoms with Gasteiger partial charge in [-0.3, -0.25) is 0 Å². The zero-order chi connectivity index (χ0) is 33.5. The Morgan fingerprint density at radius 2 is 0.882 bits per heavy atom. The third kappa shape index (κ3) is 4.12. The molecule has 238 valence electrons. The van der Waals surface area contributed by atoms with E-state index in [-0.39, 0.29) is 0 Å². The van der Waals surface area contributed by atoms with E-state index in [0.717, 1.165) is 39.1 Å². The lowest BCUT2D eigenvalue weighted by Gasteiger charge is -2.27. The largest absolute Gasteiger partial charge is 0.456 e. The smallest absolute Gasteiger partial charge is 0.137 e. The van der Waals surface area contributed by atoms with Gasteiger partial charge in [0.05, 0.1) is 27.6 Å². The fourth-order valence-electron chi connectivity index (χ4n) is 8.29. The maximum absolute atomic E-state index is 6.45. The van der Waals surface area contributed by atoms with Gasteiger partial charge in [0, 0.05) is 32.9 Å². The molecule has 0 atom stereocenters. The second-order valence-corrected chi connectivity index (χ2v) is 13.3. The molecule has 0 amide bonds. The van der Waals surface area contributed by atoms with Gasteiger partial charge >= 0.3 is 0 Å². The Bertz CT molecular complexity index is 2960. The minimum absolute atomic E-state index is 0.910. The first-order valence-electron chi connectivity index (χ1n) is 17.4. The monoisotopic (exact) mass is 650 g/mol. The summed E-state index contributed by atoms with van der Waals surface area (Å²) < 4.78 is 8.92. The summed E-state index contributed by atoms with van der Waals surface area (Å²) in [6.07, 6.45) is 0. The van der Waals surface area contributed by atoms with E-state index in [1.807, 2.05) is 0 Å². The lowest BCUT2D eigenvalue weighted by molar-refractivity contribution is 0.669. The van der Waals surface area contributed by atoms with Crippen LogP contribution in [0.15, 0.2) is 186 Å². The number of nitrogens with zero attached hydrogens (tertiary/aromatic N) is 2. The van der Waals surface area contributed by atoms with Gasteiger partial charge in [0.2, 0.25) is 0 Å². The normalized spacial score (nSPS) is 11.9. The van der Waals surface area contributed by atoms with E-state index in [4.69, 9.17) is 4.42 Å². The molecule has 3 aromatic heterocycles. The summed E-state index contributed by atoms with van der Waals surface area (Å²) >= 11 is 0. The van der Waals surface area contributed by atoms with Crippen molar-refractivity contribution in [3.8, 4) is 22.3 Å². The van der Waals surface area contributed by atoms with Crippen molar-refractivity contribution in [1.29, 1.82) is 0 Å². The first kappa shape index (κ1) is 28.0. The van der Waals surface area contributed by atoms with Crippen molar-refractivity contribution in [3.63, 3.8) is 0 Å². The fraction of sp³-hybridized carbons (Fsp3) is 0. The van der Waals surface area contributed by atoms with Crippen LogP contribution in [-0.2, 0) is 0 Å². The average Bonchev–Trinajstić information content (AvgIpc) is 3.72. The summed E-state index contributed by atoms with van der Waals surface area (Å²) in [5, 5.41) is 7.17. The number of hydrogen-bond donors (Lipinski definition) is 0. The van der Waals surface area contributed by atoms with Gasteiger partial charge in [-0.2, -0.15) is 0 Å². The molecule has 51 heavy (non-hydrogen) atoms. The lowest BCUT2D eigenvalue weighted by atomic mass is 10.0. The highest BCUT2D eigenvalue weighted by atomic mass is 16.3. The molecule has 0 fully saturated rings. The average molecular weight is 651 g/mol. The summed E-state index contributed by atoms with van der Waals surface area (Å²) in [6, 6.07) is 65.5. The Labute approximate surface area is 294 Å². The van der Waals surface area contributed by atoms with Gasteiger partial charge in [0.1, 0.15) is 11.2 Å². The second kappa shape index (κ2) is 10.8. The van der Waals surface area contributed by atoms with Gasteiger partial charge in [0.25, 0.3) is 0 Å². The molecule has 11 aromatic rings. The zero-order valence-corrected chi connectivity index (χ0v) is 27.6. The molecule has 0 aliphatic rings. The van der Waals surface area contributed by atoms with Gasteiger partial charge in [-0.25, -0.2) is 0 Å². The summed E-state index contributed by atoms with van der Waals surface area (Å²) in [7, 11) is 0. The molecule has 0 aliphatic carbocycles. The van der Waals surface area contributed by atoms with Crippen molar-refractivity contribution in [2.45, 2.75) is 0 Å². The van der Waals surface area contributed by atoms with Crippen molar-refractivity contribution in [2.24, 2.45) is 0 Å². The van der Waals surface area contributed by atoms with Gasteiger partial charge in [-0.05, 0) is 82.2 Å². The molecular formula is C48H30N2O. The third-order valence-electron chi connectivity index (χ3n) is 10.5. The number of fused-ring (bicyclic) bond motifs is 5. The summed E-state index contributed by atoms with van der Waals surface area (Å²) in [4.78, 5) is 2.42. The van der Waals surface area contributed by atoms with Crippen molar-refractivity contribution in [2.75, 3.05) is 4.90 Å². The molecule has 0 radical (unpaired) electrons. The first-order chi connectivity index (χ1) is 25.3. The fourth-order valence-corrected chi connectivity index (χ4v) is 8.29. The van der Waals surface area contributed by atoms with Gasteiger partial charge in [0.15, 0.2) is 0 Å². The molecule has 0 aliphatic heterocycles. The van der Waals surface area contributed by atoms with E-state index in [0.29, 0.717) is 0 Å². The minimum Gasteiger partial charge on any atom is -0.456 e. The van der Waals surface area contributed by atoms with Crippen LogP contribution in [0, 0.1) is 0 Å². The molecule has 3 heteroatoms. The highest BCUT2D eigenvalue weighted by molar-refractivity contribution is 6.31. The molecule has 0 unspecified atom stereocenters.